The molecular formula is C34H23F2NO3S. The second-order valence-electron chi connectivity index (χ2n) is 9.85. The second-order valence-corrected chi connectivity index (χ2v) is 10.8. The number of fused-ring (bicyclic) bond motifs is 2. The average molecular weight is 564 g/mol. The first-order valence-corrected chi connectivity index (χ1v) is 13.8. The van der Waals surface area contributed by atoms with Gasteiger partial charge in [0.1, 0.15) is 11.6 Å². The van der Waals surface area contributed by atoms with Gasteiger partial charge in [-0.15, -0.1) is 11.3 Å². The first kappa shape index (κ1) is 26.3. The van der Waals surface area contributed by atoms with Gasteiger partial charge in [-0.2, -0.15) is 0 Å². The third kappa shape index (κ3) is 5.58. The Kier molecular flexibility index (Phi) is 7.03. The van der Waals surface area contributed by atoms with Crippen molar-refractivity contribution in [1.82, 2.24) is 5.32 Å². The SMILES string of the molecule is O=C(O)c1ccc(CNC(=O)c2cc(-c3ccc(F)cc3)cc3scc(Cc4ccc5ccc(F)cc5c4)c23)cc1. The molecule has 6 aromatic rings. The van der Waals surface area contributed by atoms with E-state index in [9.17, 15) is 18.4 Å². The molecular weight excluding hydrogens is 540 g/mol. The van der Waals surface area contributed by atoms with E-state index in [2.05, 4.69) is 5.32 Å². The molecule has 0 atom stereocenters. The highest BCUT2D eigenvalue weighted by Gasteiger charge is 2.18. The number of hydrogen-bond acceptors (Lipinski definition) is 3. The first-order valence-electron chi connectivity index (χ1n) is 12.9. The molecule has 0 aliphatic rings. The minimum atomic E-state index is -1.01. The lowest BCUT2D eigenvalue weighted by Gasteiger charge is -2.12. The average Bonchev–Trinajstić information content (AvgIpc) is 3.38. The lowest BCUT2D eigenvalue weighted by molar-refractivity contribution is 0.0696. The summed E-state index contributed by atoms with van der Waals surface area (Å²) in [7, 11) is 0. The molecule has 0 unspecified atom stereocenters. The molecule has 0 spiro atoms. The van der Waals surface area contributed by atoms with Gasteiger partial charge in [-0.05, 0) is 98.9 Å². The molecule has 1 heterocycles. The Balaban J connectivity index is 1.37. The van der Waals surface area contributed by atoms with Crippen LogP contribution in [0.2, 0.25) is 0 Å². The van der Waals surface area contributed by atoms with Gasteiger partial charge in [-0.3, -0.25) is 4.79 Å². The number of rotatable bonds is 7. The van der Waals surface area contributed by atoms with E-state index in [1.165, 1.54) is 47.7 Å². The predicted molar refractivity (Wildman–Crippen MR) is 159 cm³/mol. The molecule has 202 valence electrons. The summed E-state index contributed by atoms with van der Waals surface area (Å²) < 4.78 is 28.4. The number of carbonyl (C=O) groups is 2. The summed E-state index contributed by atoms with van der Waals surface area (Å²) in [5.41, 5.74) is 4.99. The van der Waals surface area contributed by atoms with Crippen LogP contribution in [-0.4, -0.2) is 17.0 Å². The number of nitrogens with one attached hydrogen (secondary N) is 1. The number of halogens is 2. The zero-order valence-corrected chi connectivity index (χ0v) is 22.5. The van der Waals surface area contributed by atoms with Crippen molar-refractivity contribution in [3.8, 4) is 11.1 Å². The Morgan fingerprint density at radius 1 is 0.732 bits per heavy atom. The van der Waals surface area contributed by atoms with Gasteiger partial charge in [0.05, 0.1) is 5.56 Å². The third-order valence-corrected chi connectivity index (χ3v) is 8.07. The van der Waals surface area contributed by atoms with Gasteiger partial charge in [0.2, 0.25) is 0 Å². The van der Waals surface area contributed by atoms with E-state index in [0.717, 1.165) is 48.7 Å². The second kappa shape index (κ2) is 10.9. The summed E-state index contributed by atoms with van der Waals surface area (Å²) in [6, 6.07) is 27.0. The van der Waals surface area contributed by atoms with Crippen molar-refractivity contribution in [2.45, 2.75) is 13.0 Å². The van der Waals surface area contributed by atoms with Crippen LogP contribution in [0.15, 0.2) is 102 Å². The van der Waals surface area contributed by atoms with E-state index >= 15 is 0 Å². The fourth-order valence-corrected chi connectivity index (χ4v) is 6.02. The van der Waals surface area contributed by atoms with Gasteiger partial charge in [0, 0.05) is 22.2 Å². The summed E-state index contributed by atoms with van der Waals surface area (Å²) in [6.45, 7) is 0.219. The normalized spacial score (nSPS) is 11.2. The summed E-state index contributed by atoms with van der Waals surface area (Å²) in [4.78, 5) is 24.8. The molecule has 6 rings (SSSR count). The van der Waals surface area contributed by atoms with Crippen molar-refractivity contribution in [2.75, 3.05) is 0 Å². The molecule has 1 aromatic heterocycles. The zero-order chi connectivity index (χ0) is 28.5. The van der Waals surface area contributed by atoms with Crippen LogP contribution in [0.25, 0.3) is 32.0 Å². The van der Waals surface area contributed by atoms with Crippen molar-refractivity contribution in [1.29, 1.82) is 0 Å². The summed E-state index contributed by atoms with van der Waals surface area (Å²) in [5, 5.41) is 16.8. The molecule has 5 aromatic carbocycles. The molecule has 0 radical (unpaired) electrons. The van der Waals surface area contributed by atoms with E-state index in [-0.39, 0.29) is 29.6 Å². The zero-order valence-electron chi connectivity index (χ0n) is 21.7. The van der Waals surface area contributed by atoms with Crippen LogP contribution in [0.1, 0.15) is 37.4 Å². The molecule has 0 fully saturated rings. The highest BCUT2D eigenvalue weighted by molar-refractivity contribution is 7.17. The van der Waals surface area contributed by atoms with Crippen LogP contribution in [0.4, 0.5) is 8.78 Å². The third-order valence-electron chi connectivity index (χ3n) is 7.09. The number of benzene rings is 5. The first-order chi connectivity index (χ1) is 19.8. The Bertz CT molecular complexity index is 1930. The maximum Gasteiger partial charge on any atom is 0.335 e. The van der Waals surface area contributed by atoms with Crippen LogP contribution in [0, 0.1) is 11.6 Å². The summed E-state index contributed by atoms with van der Waals surface area (Å²) in [5.74, 6) is -1.92. The number of hydrogen-bond donors (Lipinski definition) is 2. The molecule has 0 bridgehead atoms. The number of thiophene rings is 1. The van der Waals surface area contributed by atoms with Crippen LogP contribution in [-0.2, 0) is 13.0 Å². The predicted octanol–water partition coefficient (Wildman–Crippen LogP) is 8.22. The van der Waals surface area contributed by atoms with Gasteiger partial charge < -0.3 is 10.4 Å². The number of carboxylic acid groups (broad SMARTS) is 1. The van der Waals surface area contributed by atoms with Crippen LogP contribution in [0.5, 0.6) is 0 Å². The molecule has 2 N–H and O–H groups in total. The maximum atomic E-state index is 13.9. The molecule has 1 amide bonds. The standard InChI is InChI=1S/C34H23F2NO3S/c35-28-10-7-23(8-11-28)26-16-30(33(38)37-18-20-1-5-24(6-2-20)34(39)40)32-27(19-41-31(32)17-26)14-21-3-4-22-9-12-29(36)15-25(22)13-21/h1-13,15-17,19H,14,18H2,(H,37,38)(H,39,40). The molecule has 4 nitrogen and oxygen atoms in total. The van der Waals surface area contributed by atoms with Crippen molar-refractivity contribution in [2.24, 2.45) is 0 Å². The minimum Gasteiger partial charge on any atom is -0.478 e. The summed E-state index contributed by atoms with van der Waals surface area (Å²) >= 11 is 1.53. The molecule has 0 saturated heterocycles. The number of aromatic carboxylic acids is 1. The van der Waals surface area contributed by atoms with Crippen LogP contribution < -0.4 is 5.32 Å². The highest BCUT2D eigenvalue weighted by Crippen LogP contribution is 2.36. The molecule has 0 aliphatic carbocycles. The lowest BCUT2D eigenvalue weighted by atomic mass is 9.95. The van der Waals surface area contributed by atoms with Gasteiger partial charge in [-0.25, -0.2) is 13.6 Å². The van der Waals surface area contributed by atoms with Gasteiger partial charge in [0.15, 0.2) is 0 Å². The van der Waals surface area contributed by atoms with Crippen LogP contribution in [0.3, 0.4) is 0 Å². The monoisotopic (exact) mass is 563 g/mol. The topological polar surface area (TPSA) is 66.4 Å². The Morgan fingerprint density at radius 3 is 2.20 bits per heavy atom. The Morgan fingerprint density at radius 2 is 1.44 bits per heavy atom. The Labute approximate surface area is 238 Å². The molecule has 0 saturated carbocycles. The van der Waals surface area contributed by atoms with E-state index in [0.29, 0.717) is 12.0 Å². The van der Waals surface area contributed by atoms with Gasteiger partial charge in [-0.1, -0.05) is 48.5 Å². The van der Waals surface area contributed by atoms with Crippen molar-refractivity contribution < 1.29 is 23.5 Å². The number of carboxylic acids is 1. The number of carbonyl (C=O) groups excluding carboxylic acids is 1. The van der Waals surface area contributed by atoms with Crippen molar-refractivity contribution in [3.05, 3.63) is 142 Å². The number of amides is 1. The highest BCUT2D eigenvalue weighted by atomic mass is 32.1. The smallest absolute Gasteiger partial charge is 0.335 e. The van der Waals surface area contributed by atoms with Gasteiger partial charge in [0.25, 0.3) is 5.91 Å². The van der Waals surface area contributed by atoms with Crippen LogP contribution >= 0.6 is 11.3 Å². The van der Waals surface area contributed by atoms with Crippen molar-refractivity contribution in [3.63, 3.8) is 0 Å². The van der Waals surface area contributed by atoms with E-state index < -0.39 is 5.97 Å². The quantitative estimate of drug-likeness (QED) is 0.206. The molecule has 41 heavy (non-hydrogen) atoms. The largest absolute Gasteiger partial charge is 0.478 e. The molecule has 0 aliphatic heterocycles. The fraction of sp³-hybridized carbons (Fsp3) is 0.0588. The lowest BCUT2D eigenvalue weighted by Crippen LogP contribution is -2.23. The molecule has 7 heteroatoms. The van der Waals surface area contributed by atoms with Gasteiger partial charge >= 0.3 is 5.97 Å². The van der Waals surface area contributed by atoms with E-state index in [4.69, 9.17) is 5.11 Å². The fourth-order valence-electron chi connectivity index (χ4n) is 4.99. The Hall–Kier alpha value is -4.88. The summed E-state index contributed by atoms with van der Waals surface area (Å²) in [6.07, 6.45) is 0.555. The van der Waals surface area contributed by atoms with Crippen molar-refractivity contribution >= 4 is 44.1 Å². The minimum absolute atomic E-state index is 0.174. The van der Waals surface area contributed by atoms with E-state index in [1.54, 1.807) is 30.3 Å². The maximum absolute atomic E-state index is 13.9. The van der Waals surface area contributed by atoms with E-state index in [1.807, 2.05) is 35.7 Å².